The van der Waals surface area contributed by atoms with Crippen LogP contribution in [-0.4, -0.2) is 66.8 Å². The van der Waals surface area contributed by atoms with Crippen LogP contribution in [0.1, 0.15) is 56.3 Å². The number of allylic oxidation sites excluding steroid dienone is 1. The Balaban J connectivity index is 0.856. The number of oxime groups is 1. The maximum Gasteiger partial charge on any atom is 0.319 e. The number of benzene rings is 9. The van der Waals surface area contributed by atoms with Crippen LogP contribution < -0.4 is 16.1 Å². The molecule has 3 aliphatic heterocycles. The maximum absolute atomic E-state index is 15.6. The summed E-state index contributed by atoms with van der Waals surface area (Å²) < 4.78 is 8.48. The summed E-state index contributed by atoms with van der Waals surface area (Å²) in [6.45, 7) is 0.255. The number of phenols is 1. The molecule has 2 saturated heterocycles. The number of amides is 2. The number of nitrogens with zero attached hydrogens (tertiary/aromatic N) is 4. The van der Waals surface area contributed by atoms with E-state index in [1.54, 1.807) is 16.3 Å². The highest BCUT2D eigenvalue weighted by Gasteiger charge is 2.58. The molecule has 1 aliphatic carbocycles. The number of rotatable bonds is 20. The van der Waals surface area contributed by atoms with Gasteiger partial charge in [0, 0.05) is 58.9 Å². The molecule has 1 aromatic heterocycles. The summed E-state index contributed by atoms with van der Waals surface area (Å²) in [5.74, 6) is -1.80. The number of pyridine rings is 1. The van der Waals surface area contributed by atoms with E-state index in [0.717, 1.165) is 44.5 Å². The molecule has 13 rings (SSSR count). The molecule has 90 heavy (non-hydrogen) atoms. The predicted molar refractivity (Wildman–Crippen MR) is 353 cm³/mol. The van der Waals surface area contributed by atoms with Crippen molar-refractivity contribution in [3.05, 3.63) is 351 Å². The molecular formula is C75H60N6O7S2. The van der Waals surface area contributed by atoms with Gasteiger partial charge in [0.1, 0.15) is 28.1 Å². The molecule has 4 aliphatic rings. The van der Waals surface area contributed by atoms with Gasteiger partial charge < -0.3 is 34.8 Å². The number of ether oxygens (including phenoxy) is 1. The summed E-state index contributed by atoms with van der Waals surface area (Å²) in [4.78, 5) is 71.9. The van der Waals surface area contributed by atoms with Crippen LogP contribution in [0.2, 0.25) is 0 Å². The Labute approximate surface area is 529 Å². The standard InChI is InChI=1S/C75H60N6O7S2/c82-63-46-54-42-45-80(48-55(54)47-64(63)83)44-25-43-73(71(86)87-67(52-26-9-1-10-27-52)53-28-11-2-12-29-53)50-81-69(85)66(70(81)90-51-73)77-68(84)65(79-88-75(59-36-19-6-20-37-59,60-38-21-7-22-39-60)61-40-23-8-24-41-61)62-49-89-72(76-62)78-74(56-30-13-3-14-31-56,57-32-15-4-16-33-57)58-34-17-5-18-35-58/h1-43,45-49,66-67,70,83H,44,50-51H2,(H,76,78)(H,77,84)/t66?,70-,73?/m1/s1. The largest absolute Gasteiger partial charge is 0.504 e. The first kappa shape index (κ1) is 58.4. The number of nitrogens with one attached hydrogen (secondary N) is 2. The molecule has 444 valence electrons. The lowest BCUT2D eigenvalue weighted by molar-refractivity contribution is -0.162. The van der Waals surface area contributed by atoms with Gasteiger partial charge in [0.05, 0.1) is 0 Å². The second-order valence-electron chi connectivity index (χ2n) is 22.2. The highest BCUT2D eigenvalue weighted by Crippen LogP contribution is 2.46. The molecule has 13 nitrogen and oxygen atoms in total. The molecule has 0 saturated carbocycles. The van der Waals surface area contributed by atoms with E-state index < -0.39 is 57.3 Å². The van der Waals surface area contributed by atoms with Crippen LogP contribution in [0, 0.1) is 5.41 Å². The van der Waals surface area contributed by atoms with E-state index in [4.69, 9.17) is 19.7 Å². The summed E-state index contributed by atoms with van der Waals surface area (Å²) in [5, 5.41) is 23.8. The summed E-state index contributed by atoms with van der Waals surface area (Å²) in [6.07, 6.45) is 6.54. The van der Waals surface area contributed by atoms with Crippen LogP contribution in [0.4, 0.5) is 5.13 Å². The van der Waals surface area contributed by atoms with Crippen molar-refractivity contribution < 1.29 is 29.1 Å². The van der Waals surface area contributed by atoms with Gasteiger partial charge in [0.2, 0.25) is 16.9 Å². The van der Waals surface area contributed by atoms with Gasteiger partial charge in [-0.3, -0.25) is 19.2 Å². The molecule has 8 aromatic carbocycles. The SMILES string of the molecule is O=C(NC1C(=O)N2CC(C=CCn3ccc4cc(=O)c(O)cc-4c3)(C(=O)OC(c3ccccc3)c3ccccc3)CS[C@H]12)C(=NOC(c1ccccc1)(c1ccccc1)c1ccccc1)c1csc(NC(c2ccccc2)(c2ccccc2)c2ccccc2)n1. The number of phenolic OH excluding ortho intramolecular Hbond substituents is 1. The van der Waals surface area contributed by atoms with E-state index in [9.17, 15) is 14.7 Å². The number of anilines is 1. The zero-order valence-corrected chi connectivity index (χ0v) is 50.2. The lowest BCUT2D eigenvalue weighted by Crippen LogP contribution is -2.74. The average Bonchev–Trinajstić information content (AvgIpc) is 0.863. The fourth-order valence-electron chi connectivity index (χ4n) is 12.0. The molecule has 0 spiro atoms. The van der Waals surface area contributed by atoms with Crippen molar-refractivity contribution in [3.8, 4) is 16.9 Å². The normalized spacial score (nSPS) is 16.7. The van der Waals surface area contributed by atoms with Gasteiger partial charge in [-0.15, -0.1) is 23.1 Å². The number of fused-ring (bicyclic) bond motifs is 2. The Morgan fingerprint density at radius 2 is 1.14 bits per heavy atom. The number of thiazole rings is 1. The van der Waals surface area contributed by atoms with Crippen molar-refractivity contribution in [2.75, 3.05) is 17.6 Å². The van der Waals surface area contributed by atoms with E-state index in [1.165, 1.54) is 35.2 Å². The maximum atomic E-state index is 15.6. The van der Waals surface area contributed by atoms with Gasteiger partial charge in [-0.2, -0.15) is 0 Å². The smallest absolute Gasteiger partial charge is 0.319 e. The van der Waals surface area contributed by atoms with Crippen molar-refractivity contribution in [1.82, 2.24) is 19.8 Å². The number of aromatic nitrogens is 2. The number of carbonyl (C=O) groups is 3. The first-order chi connectivity index (χ1) is 44.1. The second-order valence-corrected chi connectivity index (χ2v) is 24.2. The molecule has 2 amide bonds. The van der Waals surface area contributed by atoms with Gasteiger partial charge in [-0.1, -0.05) is 260 Å². The van der Waals surface area contributed by atoms with Crippen LogP contribution >= 0.6 is 23.1 Å². The van der Waals surface area contributed by atoms with E-state index in [2.05, 4.69) is 47.0 Å². The third-order valence-corrected chi connectivity index (χ3v) is 18.9. The van der Waals surface area contributed by atoms with Crippen molar-refractivity contribution in [2.24, 2.45) is 10.6 Å². The Morgan fingerprint density at radius 3 is 1.66 bits per heavy atom. The molecule has 2 unspecified atom stereocenters. The van der Waals surface area contributed by atoms with E-state index in [-0.39, 0.29) is 29.5 Å². The fourth-order valence-corrected chi connectivity index (χ4v) is 14.3. The number of β-lactam (4-membered cyclic amide) rings is 1. The van der Waals surface area contributed by atoms with Crippen molar-refractivity contribution >= 4 is 51.7 Å². The summed E-state index contributed by atoms with van der Waals surface area (Å²) in [5.41, 5.74) is 3.85. The van der Waals surface area contributed by atoms with Gasteiger partial charge >= 0.3 is 5.97 Å². The van der Waals surface area contributed by atoms with Crippen molar-refractivity contribution in [2.45, 2.75) is 35.2 Å². The zero-order valence-electron chi connectivity index (χ0n) is 48.6. The first-order valence-corrected chi connectivity index (χ1v) is 31.4. The molecule has 9 aromatic rings. The number of hydrogen-bond donors (Lipinski definition) is 3. The van der Waals surface area contributed by atoms with Crippen molar-refractivity contribution in [3.63, 3.8) is 0 Å². The third kappa shape index (κ3) is 11.5. The molecule has 3 atom stereocenters. The van der Waals surface area contributed by atoms with E-state index in [0.29, 0.717) is 22.8 Å². The number of esters is 1. The molecule has 15 heteroatoms. The summed E-state index contributed by atoms with van der Waals surface area (Å²) in [7, 11) is 0. The summed E-state index contributed by atoms with van der Waals surface area (Å²) in [6, 6.07) is 82.3. The van der Waals surface area contributed by atoms with Gasteiger partial charge in [0.25, 0.3) is 5.91 Å². The van der Waals surface area contributed by atoms with E-state index >= 15 is 9.59 Å². The Kier molecular flexibility index (Phi) is 16.6. The molecule has 0 radical (unpaired) electrons. The van der Waals surface area contributed by atoms with Crippen molar-refractivity contribution in [1.29, 1.82) is 0 Å². The number of thioether (sulfide) groups is 1. The topological polar surface area (TPSA) is 164 Å². The second kappa shape index (κ2) is 25.6. The minimum absolute atomic E-state index is 0.0467. The summed E-state index contributed by atoms with van der Waals surface area (Å²) >= 11 is 2.68. The highest BCUT2D eigenvalue weighted by molar-refractivity contribution is 8.00. The van der Waals surface area contributed by atoms with Crippen LogP contribution in [0.3, 0.4) is 0 Å². The Hall–Kier alpha value is -10.6. The minimum atomic E-state index is -1.39. The van der Waals surface area contributed by atoms with E-state index in [1.807, 2.05) is 235 Å². The fraction of sp³-hybridized carbons (Fsp3) is 0.120. The molecule has 0 bridgehead atoms. The molecular weight excluding hydrogens is 1160 g/mol. The van der Waals surface area contributed by atoms with Crippen LogP contribution in [-0.2, 0) is 41.6 Å². The monoisotopic (exact) mass is 1220 g/mol. The van der Waals surface area contributed by atoms with Crippen LogP contribution in [0.5, 0.6) is 5.75 Å². The Morgan fingerprint density at radius 1 is 0.656 bits per heavy atom. The average molecular weight is 1220 g/mol. The highest BCUT2D eigenvalue weighted by atomic mass is 32.2. The lowest BCUT2D eigenvalue weighted by atomic mass is 9.77. The Bertz CT molecular complexity index is 4160. The third-order valence-electron chi connectivity index (χ3n) is 16.6. The number of hydrogen-bond acceptors (Lipinski definition) is 12. The lowest BCUT2D eigenvalue weighted by Gasteiger charge is -2.53. The zero-order chi connectivity index (χ0) is 61.5. The van der Waals surface area contributed by atoms with Gasteiger partial charge in [-0.25, -0.2) is 4.98 Å². The van der Waals surface area contributed by atoms with Crippen LogP contribution in [0.25, 0.3) is 11.1 Å². The van der Waals surface area contributed by atoms with Gasteiger partial charge in [-0.05, 0) is 51.6 Å². The predicted octanol–water partition coefficient (Wildman–Crippen LogP) is 13.2. The number of aromatic hydroxyl groups is 1. The molecule has 3 N–H and O–H groups in total. The van der Waals surface area contributed by atoms with Gasteiger partial charge in [0.15, 0.2) is 22.7 Å². The quantitative estimate of drug-likeness (QED) is 0.0167. The first-order valence-electron chi connectivity index (χ1n) is 29.5. The molecule has 4 heterocycles. The minimum Gasteiger partial charge on any atom is -0.504 e. The van der Waals surface area contributed by atoms with Crippen LogP contribution in [0.15, 0.2) is 301 Å². The molecule has 2 fully saturated rings. The number of carbonyl (C=O) groups excluding carboxylic acids is 3.